The molecule has 0 bridgehead atoms. The molecule has 1 amide bonds. The average molecular weight is 248 g/mol. The summed E-state index contributed by atoms with van der Waals surface area (Å²) in [6.07, 6.45) is 1.00. The van der Waals surface area contributed by atoms with Crippen molar-refractivity contribution in [1.29, 1.82) is 0 Å². The number of phenols is 1. The Labute approximate surface area is 108 Å². The minimum atomic E-state index is 0.0266. The van der Waals surface area contributed by atoms with Crippen LogP contribution in [0.2, 0.25) is 0 Å². The van der Waals surface area contributed by atoms with Crippen molar-refractivity contribution in [3.8, 4) is 5.75 Å². The molecule has 98 valence electrons. The van der Waals surface area contributed by atoms with Crippen LogP contribution in [0.3, 0.4) is 0 Å². The van der Waals surface area contributed by atoms with Crippen molar-refractivity contribution in [2.75, 3.05) is 33.2 Å². The number of rotatable bonds is 1. The van der Waals surface area contributed by atoms with E-state index in [4.69, 9.17) is 0 Å². The van der Waals surface area contributed by atoms with E-state index in [0.29, 0.717) is 11.1 Å². The number of carbonyl (C=O) groups is 1. The lowest BCUT2D eigenvalue weighted by atomic mass is 10.1. The Morgan fingerprint density at radius 3 is 2.78 bits per heavy atom. The smallest absolute Gasteiger partial charge is 0.254 e. The molecule has 4 nitrogen and oxygen atoms in total. The van der Waals surface area contributed by atoms with E-state index in [1.165, 1.54) is 0 Å². The van der Waals surface area contributed by atoms with E-state index in [-0.39, 0.29) is 11.7 Å². The highest BCUT2D eigenvalue weighted by atomic mass is 16.3. The van der Waals surface area contributed by atoms with Crippen LogP contribution in [0, 0.1) is 6.92 Å². The summed E-state index contributed by atoms with van der Waals surface area (Å²) in [5, 5.41) is 9.67. The zero-order chi connectivity index (χ0) is 13.1. The van der Waals surface area contributed by atoms with E-state index in [0.717, 1.165) is 32.6 Å². The lowest BCUT2D eigenvalue weighted by Crippen LogP contribution is -2.34. The molecule has 1 heterocycles. The summed E-state index contributed by atoms with van der Waals surface area (Å²) in [5.74, 6) is 0.214. The van der Waals surface area contributed by atoms with Gasteiger partial charge in [-0.25, -0.2) is 0 Å². The van der Waals surface area contributed by atoms with E-state index < -0.39 is 0 Å². The summed E-state index contributed by atoms with van der Waals surface area (Å²) >= 11 is 0. The normalized spacial score (nSPS) is 17.6. The zero-order valence-electron chi connectivity index (χ0n) is 11.0. The second-order valence-electron chi connectivity index (χ2n) is 4.90. The van der Waals surface area contributed by atoms with Crippen molar-refractivity contribution >= 4 is 5.91 Å². The Bertz CT molecular complexity index is 445. The molecule has 1 fully saturated rings. The van der Waals surface area contributed by atoms with Crippen molar-refractivity contribution in [1.82, 2.24) is 9.80 Å². The van der Waals surface area contributed by atoms with Crippen LogP contribution in [0.4, 0.5) is 0 Å². The first-order valence-electron chi connectivity index (χ1n) is 6.36. The first-order chi connectivity index (χ1) is 8.59. The molecule has 0 spiro atoms. The molecule has 1 aliphatic rings. The second kappa shape index (κ2) is 5.40. The third-order valence-electron chi connectivity index (χ3n) is 3.54. The summed E-state index contributed by atoms with van der Waals surface area (Å²) in [4.78, 5) is 16.5. The Kier molecular flexibility index (Phi) is 3.87. The van der Waals surface area contributed by atoms with Crippen LogP contribution in [-0.4, -0.2) is 54.0 Å². The number of hydrogen-bond acceptors (Lipinski definition) is 3. The number of amides is 1. The van der Waals surface area contributed by atoms with Gasteiger partial charge in [0.1, 0.15) is 5.75 Å². The molecule has 0 atom stereocenters. The van der Waals surface area contributed by atoms with E-state index >= 15 is 0 Å². The first kappa shape index (κ1) is 12.9. The van der Waals surface area contributed by atoms with Gasteiger partial charge in [-0.1, -0.05) is 6.07 Å². The quantitative estimate of drug-likeness (QED) is 0.818. The van der Waals surface area contributed by atoms with E-state index in [2.05, 4.69) is 11.9 Å². The predicted octanol–water partition coefficient (Wildman–Crippen LogP) is 1.48. The van der Waals surface area contributed by atoms with Gasteiger partial charge in [-0.2, -0.15) is 0 Å². The molecule has 18 heavy (non-hydrogen) atoms. The number of likely N-dealkylation sites (N-methyl/N-ethyl adjacent to an activating group) is 1. The van der Waals surface area contributed by atoms with Crippen molar-refractivity contribution in [2.24, 2.45) is 0 Å². The number of nitrogens with zero attached hydrogens (tertiary/aromatic N) is 2. The van der Waals surface area contributed by atoms with E-state index in [9.17, 15) is 9.90 Å². The van der Waals surface area contributed by atoms with Crippen LogP contribution in [0.5, 0.6) is 5.75 Å². The molecule has 4 heteroatoms. The largest absolute Gasteiger partial charge is 0.508 e. The van der Waals surface area contributed by atoms with Gasteiger partial charge in [0.25, 0.3) is 5.91 Å². The number of benzene rings is 1. The third-order valence-corrected chi connectivity index (χ3v) is 3.54. The molecular formula is C14H20N2O2. The van der Waals surface area contributed by atoms with E-state index in [1.54, 1.807) is 25.1 Å². The fourth-order valence-corrected chi connectivity index (χ4v) is 2.28. The van der Waals surface area contributed by atoms with Gasteiger partial charge < -0.3 is 14.9 Å². The molecule has 0 aromatic heterocycles. The zero-order valence-corrected chi connectivity index (χ0v) is 11.0. The SMILES string of the molecule is Cc1c(O)cccc1C(=O)N1CCCN(C)CC1. The Hall–Kier alpha value is -1.55. The molecule has 0 unspecified atom stereocenters. The van der Waals surface area contributed by atoms with Crippen LogP contribution < -0.4 is 0 Å². The Balaban J connectivity index is 2.18. The second-order valence-corrected chi connectivity index (χ2v) is 4.90. The minimum Gasteiger partial charge on any atom is -0.508 e. The fraction of sp³-hybridized carbons (Fsp3) is 0.500. The molecule has 1 saturated heterocycles. The molecule has 0 aliphatic carbocycles. The van der Waals surface area contributed by atoms with Crippen LogP contribution >= 0.6 is 0 Å². The number of aromatic hydroxyl groups is 1. The van der Waals surface area contributed by atoms with Gasteiger partial charge in [-0.05, 0) is 39.1 Å². The predicted molar refractivity (Wildman–Crippen MR) is 70.9 cm³/mol. The maximum Gasteiger partial charge on any atom is 0.254 e. The van der Waals surface area contributed by atoms with Gasteiger partial charge in [0.15, 0.2) is 0 Å². The van der Waals surface area contributed by atoms with Crippen molar-refractivity contribution in [3.05, 3.63) is 29.3 Å². The van der Waals surface area contributed by atoms with Crippen molar-refractivity contribution in [3.63, 3.8) is 0 Å². The molecule has 2 rings (SSSR count). The lowest BCUT2D eigenvalue weighted by molar-refractivity contribution is 0.0761. The minimum absolute atomic E-state index is 0.0266. The first-order valence-corrected chi connectivity index (χ1v) is 6.36. The average Bonchev–Trinajstić information content (AvgIpc) is 2.57. The van der Waals surface area contributed by atoms with Crippen molar-refractivity contribution in [2.45, 2.75) is 13.3 Å². The van der Waals surface area contributed by atoms with Gasteiger partial charge in [0.2, 0.25) is 0 Å². The number of carbonyl (C=O) groups excluding carboxylic acids is 1. The highest BCUT2D eigenvalue weighted by Gasteiger charge is 2.20. The van der Waals surface area contributed by atoms with Crippen LogP contribution in [0.15, 0.2) is 18.2 Å². The number of phenolic OH excluding ortho intramolecular Hbond substituents is 1. The molecule has 0 saturated carbocycles. The summed E-state index contributed by atoms with van der Waals surface area (Å²) in [7, 11) is 2.08. The summed E-state index contributed by atoms with van der Waals surface area (Å²) < 4.78 is 0. The third kappa shape index (κ3) is 2.64. The molecular weight excluding hydrogens is 228 g/mol. The van der Waals surface area contributed by atoms with Crippen molar-refractivity contribution < 1.29 is 9.90 Å². The fourth-order valence-electron chi connectivity index (χ4n) is 2.28. The van der Waals surface area contributed by atoms with Crippen LogP contribution in [0.25, 0.3) is 0 Å². The number of hydrogen-bond donors (Lipinski definition) is 1. The standard InChI is InChI=1S/C14H20N2O2/c1-11-12(5-3-6-13(11)17)14(18)16-8-4-7-15(2)9-10-16/h3,5-6,17H,4,7-10H2,1-2H3. The van der Waals surface area contributed by atoms with Gasteiger partial charge in [0, 0.05) is 30.8 Å². The maximum atomic E-state index is 12.4. The molecule has 0 radical (unpaired) electrons. The van der Waals surface area contributed by atoms with Crippen LogP contribution in [-0.2, 0) is 0 Å². The maximum absolute atomic E-state index is 12.4. The Morgan fingerprint density at radius 2 is 2.00 bits per heavy atom. The molecule has 1 N–H and O–H groups in total. The van der Waals surface area contributed by atoms with Gasteiger partial charge >= 0.3 is 0 Å². The molecule has 1 aromatic carbocycles. The highest BCUT2D eigenvalue weighted by molar-refractivity contribution is 5.96. The van der Waals surface area contributed by atoms with Gasteiger partial charge in [-0.15, -0.1) is 0 Å². The van der Waals surface area contributed by atoms with Gasteiger partial charge in [0.05, 0.1) is 0 Å². The molecule has 1 aliphatic heterocycles. The summed E-state index contributed by atoms with van der Waals surface area (Å²) in [6.45, 7) is 5.27. The Morgan fingerprint density at radius 1 is 1.22 bits per heavy atom. The van der Waals surface area contributed by atoms with Gasteiger partial charge in [-0.3, -0.25) is 4.79 Å². The monoisotopic (exact) mass is 248 g/mol. The summed E-state index contributed by atoms with van der Waals surface area (Å²) in [5.41, 5.74) is 1.28. The summed E-state index contributed by atoms with van der Waals surface area (Å²) in [6, 6.07) is 5.12. The highest BCUT2D eigenvalue weighted by Crippen LogP contribution is 2.21. The van der Waals surface area contributed by atoms with E-state index in [1.807, 2.05) is 4.90 Å². The topological polar surface area (TPSA) is 43.8 Å². The lowest BCUT2D eigenvalue weighted by Gasteiger charge is -2.21. The van der Waals surface area contributed by atoms with Crippen LogP contribution in [0.1, 0.15) is 22.3 Å². The molecule has 1 aromatic rings.